The fourth-order valence-corrected chi connectivity index (χ4v) is 4.52. The number of nitrogens with zero attached hydrogens (tertiary/aromatic N) is 2. The van der Waals surface area contributed by atoms with Crippen LogP contribution in [0.2, 0.25) is 0 Å². The highest BCUT2D eigenvalue weighted by Crippen LogP contribution is 2.44. The summed E-state index contributed by atoms with van der Waals surface area (Å²) in [5.74, 6) is -0.971. The molecule has 1 saturated heterocycles. The highest BCUT2D eigenvalue weighted by atomic mass is 79.9. The Kier molecular flexibility index (Phi) is 8.29. The van der Waals surface area contributed by atoms with E-state index in [9.17, 15) is 19.8 Å². The number of hydrogen-bond donors (Lipinski definition) is 2. The fraction of sp³-hybridized carbons (Fsp3) is 0.360. The predicted molar refractivity (Wildman–Crippen MR) is 134 cm³/mol. The van der Waals surface area contributed by atoms with Crippen molar-refractivity contribution >= 4 is 33.4 Å². The Labute approximate surface area is 212 Å². The number of carbonyl (C=O) groups is 2. The van der Waals surface area contributed by atoms with Crippen molar-refractivity contribution in [1.82, 2.24) is 9.80 Å². The Bertz CT molecular complexity index is 1160. The van der Waals surface area contributed by atoms with Crippen molar-refractivity contribution in [2.45, 2.75) is 12.5 Å². The smallest absolute Gasteiger partial charge is 0.295 e. The second-order valence-corrected chi connectivity index (χ2v) is 9.13. The third-order valence-electron chi connectivity index (χ3n) is 5.79. The summed E-state index contributed by atoms with van der Waals surface area (Å²) in [5.41, 5.74) is 0.730. The largest absolute Gasteiger partial charge is 0.507 e. The van der Waals surface area contributed by atoms with Gasteiger partial charge in [-0.2, -0.15) is 0 Å². The highest BCUT2D eigenvalue weighted by molar-refractivity contribution is 9.10. The molecule has 188 valence electrons. The number of benzene rings is 2. The number of phenolic OH excluding ortho intramolecular Hbond substituents is 1. The van der Waals surface area contributed by atoms with Crippen LogP contribution in [0.5, 0.6) is 23.0 Å². The molecule has 0 spiro atoms. The maximum atomic E-state index is 13.2. The number of rotatable bonds is 9. The molecule has 1 heterocycles. The van der Waals surface area contributed by atoms with Crippen LogP contribution in [0.3, 0.4) is 0 Å². The number of phenols is 1. The summed E-state index contributed by atoms with van der Waals surface area (Å²) in [6.45, 7) is 0.991. The number of hydrogen-bond acceptors (Lipinski definition) is 8. The van der Waals surface area contributed by atoms with Gasteiger partial charge < -0.3 is 34.2 Å². The van der Waals surface area contributed by atoms with Gasteiger partial charge in [-0.05, 0) is 78.9 Å². The predicted octanol–water partition coefficient (Wildman–Crippen LogP) is 3.55. The molecule has 2 aromatic carbocycles. The van der Waals surface area contributed by atoms with E-state index in [2.05, 4.69) is 15.9 Å². The van der Waals surface area contributed by atoms with Gasteiger partial charge in [0.15, 0.2) is 23.0 Å². The lowest BCUT2D eigenvalue weighted by Gasteiger charge is -2.26. The van der Waals surface area contributed by atoms with Crippen LogP contribution in [0.1, 0.15) is 23.6 Å². The van der Waals surface area contributed by atoms with E-state index in [-0.39, 0.29) is 29.4 Å². The molecule has 10 heteroatoms. The maximum Gasteiger partial charge on any atom is 0.295 e. The summed E-state index contributed by atoms with van der Waals surface area (Å²) in [4.78, 5) is 29.8. The molecule has 35 heavy (non-hydrogen) atoms. The lowest BCUT2D eigenvalue weighted by Crippen LogP contribution is -2.32. The van der Waals surface area contributed by atoms with Crippen molar-refractivity contribution in [3.63, 3.8) is 0 Å². The zero-order chi connectivity index (χ0) is 25.9. The molecule has 0 saturated carbocycles. The number of amides is 1. The van der Waals surface area contributed by atoms with Crippen LogP contribution in [0.15, 0.2) is 40.4 Å². The summed E-state index contributed by atoms with van der Waals surface area (Å²) in [7, 11) is 8.20. The molecule has 0 aromatic heterocycles. The van der Waals surface area contributed by atoms with Crippen molar-refractivity contribution in [3.8, 4) is 23.0 Å². The molecule has 1 aliphatic heterocycles. The van der Waals surface area contributed by atoms with Gasteiger partial charge >= 0.3 is 0 Å². The van der Waals surface area contributed by atoms with E-state index in [0.717, 1.165) is 0 Å². The molecule has 9 nitrogen and oxygen atoms in total. The maximum absolute atomic E-state index is 13.2. The minimum absolute atomic E-state index is 0.0632. The van der Waals surface area contributed by atoms with Gasteiger partial charge in [-0.1, -0.05) is 0 Å². The molecule has 0 radical (unpaired) electrons. The SMILES string of the molecule is COc1ccc(C(O)=C2C(=O)C(=O)N(CCCN(C)C)[C@@H]2c2cc(Br)c(O)c(OC)c2)cc1OC. The van der Waals surface area contributed by atoms with Crippen LogP contribution in [0.25, 0.3) is 5.76 Å². The van der Waals surface area contributed by atoms with Crippen LogP contribution in [-0.2, 0) is 9.59 Å². The zero-order valence-corrected chi connectivity index (χ0v) is 21.9. The van der Waals surface area contributed by atoms with Gasteiger partial charge in [-0.15, -0.1) is 0 Å². The van der Waals surface area contributed by atoms with E-state index in [1.165, 1.54) is 32.3 Å². The molecule has 1 aliphatic rings. The molecule has 2 N–H and O–H groups in total. The molecule has 3 rings (SSSR count). The second-order valence-electron chi connectivity index (χ2n) is 8.27. The van der Waals surface area contributed by atoms with E-state index in [4.69, 9.17) is 14.2 Å². The van der Waals surface area contributed by atoms with E-state index in [1.807, 2.05) is 19.0 Å². The summed E-state index contributed by atoms with van der Waals surface area (Å²) in [6, 6.07) is 7.00. The first-order valence-electron chi connectivity index (χ1n) is 10.9. The highest BCUT2D eigenvalue weighted by Gasteiger charge is 2.46. The van der Waals surface area contributed by atoms with Gasteiger partial charge in [0, 0.05) is 12.1 Å². The minimum Gasteiger partial charge on any atom is -0.507 e. The summed E-state index contributed by atoms with van der Waals surface area (Å²) >= 11 is 3.31. The number of aliphatic hydroxyl groups is 1. The van der Waals surface area contributed by atoms with Gasteiger partial charge in [-0.3, -0.25) is 9.59 Å². The van der Waals surface area contributed by atoms with Crippen molar-refractivity contribution in [3.05, 3.63) is 51.5 Å². The molecule has 1 amide bonds. The quantitative estimate of drug-likeness (QED) is 0.278. The second kappa shape index (κ2) is 11.0. The van der Waals surface area contributed by atoms with Crippen LogP contribution in [0, 0.1) is 0 Å². The number of ketones is 1. The van der Waals surface area contributed by atoms with Crippen molar-refractivity contribution < 1.29 is 34.0 Å². The molecule has 0 unspecified atom stereocenters. The lowest BCUT2D eigenvalue weighted by atomic mass is 9.94. The summed E-state index contributed by atoms with van der Waals surface area (Å²) in [6.07, 6.45) is 0.614. The Hall–Kier alpha value is -3.24. The summed E-state index contributed by atoms with van der Waals surface area (Å²) < 4.78 is 16.2. The van der Waals surface area contributed by atoms with Crippen LogP contribution < -0.4 is 14.2 Å². The first kappa shape index (κ1) is 26.4. The first-order valence-corrected chi connectivity index (χ1v) is 11.7. The molecule has 2 aromatic rings. The Morgan fingerprint density at radius 1 is 1.03 bits per heavy atom. The molecule has 1 fully saturated rings. The number of Topliss-reactive ketones (excluding diaryl/α,β-unsaturated/α-hetero) is 1. The van der Waals surface area contributed by atoms with Gasteiger partial charge in [0.2, 0.25) is 0 Å². The minimum atomic E-state index is -0.893. The zero-order valence-electron chi connectivity index (χ0n) is 20.3. The van der Waals surface area contributed by atoms with Gasteiger partial charge in [0.25, 0.3) is 11.7 Å². The number of carbonyl (C=O) groups excluding carboxylic acids is 2. The standard InChI is InChI=1S/C25H29BrN2O7/c1-27(2)9-6-10-28-21(15-11-16(26)23(30)19(13-15)35-5)20(24(31)25(28)32)22(29)14-7-8-17(33-3)18(12-14)34-4/h7-8,11-13,21,29-30H,6,9-10H2,1-5H3/t21-/m1/s1. The number of aromatic hydroxyl groups is 1. The average molecular weight is 549 g/mol. The topological polar surface area (TPSA) is 109 Å². The van der Waals surface area contributed by atoms with Gasteiger partial charge in [-0.25, -0.2) is 0 Å². The van der Waals surface area contributed by atoms with Crippen molar-refractivity contribution in [2.75, 3.05) is 48.5 Å². The van der Waals surface area contributed by atoms with Crippen molar-refractivity contribution in [1.29, 1.82) is 0 Å². The normalized spacial score (nSPS) is 17.2. The molecule has 1 atom stereocenters. The van der Waals surface area contributed by atoms with Crippen LogP contribution in [-0.4, -0.2) is 80.2 Å². The van der Waals surface area contributed by atoms with Gasteiger partial charge in [0.05, 0.1) is 37.4 Å². The van der Waals surface area contributed by atoms with E-state index in [1.54, 1.807) is 24.3 Å². The number of aliphatic hydroxyl groups excluding tert-OH is 1. The van der Waals surface area contributed by atoms with E-state index in [0.29, 0.717) is 40.1 Å². The average Bonchev–Trinajstić information content (AvgIpc) is 3.09. The molecular weight excluding hydrogens is 520 g/mol. The molecular formula is C25H29BrN2O7. The number of methoxy groups -OCH3 is 3. The third kappa shape index (κ3) is 5.23. The third-order valence-corrected chi connectivity index (χ3v) is 6.39. The van der Waals surface area contributed by atoms with E-state index < -0.39 is 17.7 Å². The Balaban J connectivity index is 2.20. The lowest BCUT2D eigenvalue weighted by molar-refractivity contribution is -0.139. The number of likely N-dealkylation sites (tertiary alicyclic amines) is 1. The Morgan fingerprint density at radius 3 is 2.29 bits per heavy atom. The van der Waals surface area contributed by atoms with Crippen molar-refractivity contribution in [2.24, 2.45) is 0 Å². The Morgan fingerprint density at radius 2 is 1.69 bits per heavy atom. The molecule has 0 bridgehead atoms. The van der Waals surface area contributed by atoms with Crippen LogP contribution in [0.4, 0.5) is 0 Å². The van der Waals surface area contributed by atoms with Crippen LogP contribution >= 0.6 is 15.9 Å². The first-order chi connectivity index (χ1) is 16.6. The summed E-state index contributed by atoms with van der Waals surface area (Å²) in [5, 5.41) is 21.6. The van der Waals surface area contributed by atoms with E-state index >= 15 is 0 Å². The number of ether oxygens (including phenoxy) is 3. The van der Waals surface area contributed by atoms with Gasteiger partial charge in [0.1, 0.15) is 5.76 Å². The number of halogens is 1. The fourth-order valence-electron chi connectivity index (χ4n) is 4.06. The monoisotopic (exact) mass is 548 g/mol. The molecule has 0 aliphatic carbocycles.